The van der Waals surface area contributed by atoms with Crippen molar-refractivity contribution in [1.29, 1.82) is 0 Å². The first kappa shape index (κ1) is 21.7. The second-order valence-electron chi connectivity index (χ2n) is 8.97. The molecule has 1 aromatic carbocycles. The average molecular weight is 401 g/mol. The lowest BCUT2D eigenvalue weighted by Crippen LogP contribution is -2.52. The molecule has 0 aliphatic carbocycles. The molecule has 1 atom stereocenters. The first-order valence-corrected chi connectivity index (χ1v) is 11.2. The topological polar surface area (TPSA) is 49.9 Å². The van der Waals surface area contributed by atoms with E-state index in [2.05, 4.69) is 19.9 Å². The molecule has 1 spiro atoms. The molecule has 0 bridgehead atoms. The molecule has 0 radical (unpaired) electrons. The van der Waals surface area contributed by atoms with Gasteiger partial charge in [-0.05, 0) is 37.8 Å². The second-order valence-corrected chi connectivity index (χ2v) is 8.97. The summed E-state index contributed by atoms with van der Waals surface area (Å²) >= 11 is 0. The number of para-hydroxylation sites is 1. The Bertz CT molecular complexity index is 719. The Kier molecular flexibility index (Phi) is 6.86. The molecule has 0 unspecified atom stereocenters. The van der Waals surface area contributed by atoms with Gasteiger partial charge in [0.15, 0.2) is 0 Å². The molecule has 1 aromatic rings. The molecule has 160 valence electrons. The number of fused-ring (bicyclic) bond motifs is 1. The smallest absolute Gasteiger partial charge is 0.223 e. The van der Waals surface area contributed by atoms with Gasteiger partial charge >= 0.3 is 0 Å². The summed E-state index contributed by atoms with van der Waals surface area (Å²) in [6.45, 7) is 11.2. The van der Waals surface area contributed by atoms with Crippen LogP contribution in [-0.2, 0) is 9.59 Å². The lowest BCUT2D eigenvalue weighted by atomic mass is 9.76. The summed E-state index contributed by atoms with van der Waals surface area (Å²) in [4.78, 5) is 29.2. The number of carbonyl (C=O) groups excluding carboxylic acids is 2. The van der Waals surface area contributed by atoms with Gasteiger partial charge in [-0.15, -0.1) is 0 Å². The molecule has 29 heavy (non-hydrogen) atoms. The van der Waals surface area contributed by atoms with E-state index in [9.17, 15) is 9.59 Å². The van der Waals surface area contributed by atoms with Crippen LogP contribution in [0, 0.1) is 5.92 Å². The fourth-order valence-electron chi connectivity index (χ4n) is 4.79. The molecule has 2 aliphatic rings. The van der Waals surface area contributed by atoms with Gasteiger partial charge < -0.3 is 14.5 Å². The van der Waals surface area contributed by atoms with E-state index in [1.165, 1.54) is 0 Å². The Hall–Kier alpha value is -2.04. The van der Waals surface area contributed by atoms with Gasteiger partial charge in [0.1, 0.15) is 11.4 Å². The fourth-order valence-corrected chi connectivity index (χ4v) is 4.79. The maximum absolute atomic E-state index is 12.8. The van der Waals surface area contributed by atoms with Crippen LogP contribution >= 0.6 is 0 Å². The van der Waals surface area contributed by atoms with Gasteiger partial charge in [0, 0.05) is 57.8 Å². The Labute approximate surface area is 175 Å². The van der Waals surface area contributed by atoms with E-state index in [4.69, 9.17) is 4.74 Å². The number of likely N-dealkylation sites (tertiary alicyclic amines) is 1. The maximum Gasteiger partial charge on any atom is 0.223 e. The number of carbonyl (C=O) groups is 2. The summed E-state index contributed by atoms with van der Waals surface area (Å²) < 4.78 is 6.53. The number of amides is 2. The second kappa shape index (κ2) is 9.19. The average Bonchev–Trinajstić information content (AvgIpc) is 2.69. The molecule has 3 rings (SSSR count). The lowest BCUT2D eigenvalue weighted by molar-refractivity contribution is -0.136. The van der Waals surface area contributed by atoms with Gasteiger partial charge in [-0.2, -0.15) is 0 Å². The Morgan fingerprint density at radius 3 is 2.45 bits per heavy atom. The number of rotatable bonds is 6. The van der Waals surface area contributed by atoms with Crippen molar-refractivity contribution in [2.24, 2.45) is 5.92 Å². The Balaban J connectivity index is 1.74. The van der Waals surface area contributed by atoms with Crippen molar-refractivity contribution in [1.82, 2.24) is 9.80 Å². The van der Waals surface area contributed by atoms with Gasteiger partial charge in [-0.3, -0.25) is 9.59 Å². The van der Waals surface area contributed by atoms with Crippen LogP contribution < -0.4 is 4.74 Å². The van der Waals surface area contributed by atoms with E-state index in [0.717, 1.165) is 56.8 Å². The van der Waals surface area contributed by atoms with Gasteiger partial charge in [-0.25, -0.2) is 0 Å². The minimum Gasteiger partial charge on any atom is -0.487 e. The molecule has 1 fully saturated rings. The van der Waals surface area contributed by atoms with Crippen molar-refractivity contribution in [3.63, 3.8) is 0 Å². The van der Waals surface area contributed by atoms with E-state index < -0.39 is 0 Å². The molecular formula is C24H36N2O3. The van der Waals surface area contributed by atoms with Crippen molar-refractivity contribution >= 4 is 11.8 Å². The van der Waals surface area contributed by atoms with E-state index in [1.807, 2.05) is 41.8 Å². The van der Waals surface area contributed by atoms with Crippen molar-refractivity contribution in [2.45, 2.75) is 71.3 Å². The van der Waals surface area contributed by atoms with Crippen LogP contribution in [0.4, 0.5) is 0 Å². The van der Waals surface area contributed by atoms with Crippen LogP contribution in [0.15, 0.2) is 24.3 Å². The molecule has 2 heterocycles. The Morgan fingerprint density at radius 2 is 1.83 bits per heavy atom. The molecule has 0 saturated carbocycles. The van der Waals surface area contributed by atoms with E-state index >= 15 is 0 Å². The molecule has 0 N–H and O–H groups in total. The summed E-state index contributed by atoms with van der Waals surface area (Å²) in [5, 5.41) is 0. The molecule has 0 aromatic heterocycles. The summed E-state index contributed by atoms with van der Waals surface area (Å²) in [7, 11) is 0. The zero-order valence-corrected chi connectivity index (χ0v) is 18.4. The highest BCUT2D eigenvalue weighted by Crippen LogP contribution is 2.46. The summed E-state index contributed by atoms with van der Waals surface area (Å²) in [6.07, 6.45) is 3.66. The first-order chi connectivity index (χ1) is 13.9. The van der Waals surface area contributed by atoms with Gasteiger partial charge in [0.05, 0.1) is 0 Å². The minimum absolute atomic E-state index is 0.172. The van der Waals surface area contributed by atoms with Crippen LogP contribution in [0.25, 0.3) is 0 Å². The van der Waals surface area contributed by atoms with Crippen molar-refractivity contribution in [3.8, 4) is 5.75 Å². The first-order valence-electron chi connectivity index (χ1n) is 11.2. The zero-order chi connectivity index (χ0) is 21.0. The third-order valence-corrected chi connectivity index (χ3v) is 6.45. The van der Waals surface area contributed by atoms with E-state index in [-0.39, 0.29) is 23.3 Å². The number of benzene rings is 1. The van der Waals surface area contributed by atoms with Crippen LogP contribution in [-0.4, -0.2) is 53.4 Å². The molecule has 5 heteroatoms. The minimum atomic E-state index is -0.267. The van der Waals surface area contributed by atoms with Crippen LogP contribution in [0.1, 0.15) is 71.3 Å². The predicted octanol–water partition coefficient (Wildman–Crippen LogP) is 4.22. The normalized spacial score (nSPS) is 20.3. The van der Waals surface area contributed by atoms with Crippen molar-refractivity contribution in [3.05, 3.63) is 29.8 Å². The van der Waals surface area contributed by atoms with Crippen LogP contribution in [0.3, 0.4) is 0 Å². The van der Waals surface area contributed by atoms with Gasteiger partial charge in [0.2, 0.25) is 11.8 Å². The molecule has 2 aliphatic heterocycles. The Morgan fingerprint density at radius 1 is 1.17 bits per heavy atom. The standard InChI is InChI=1S/C24H36N2O3/c1-5-25(6-2)23(28)16-19-17-24(29-21-10-8-7-9-20(19)21)11-13-26(14-12-24)22(27)15-18(3)4/h7-10,18-19H,5-6,11-17H2,1-4H3/t19-/m0/s1. The lowest BCUT2D eigenvalue weighted by Gasteiger charge is -2.47. The zero-order valence-electron chi connectivity index (χ0n) is 18.4. The third kappa shape index (κ3) is 4.93. The molecule has 5 nitrogen and oxygen atoms in total. The highest BCUT2D eigenvalue weighted by molar-refractivity contribution is 5.77. The monoisotopic (exact) mass is 400 g/mol. The van der Waals surface area contributed by atoms with Crippen LogP contribution in [0.5, 0.6) is 5.75 Å². The van der Waals surface area contributed by atoms with E-state index in [0.29, 0.717) is 18.8 Å². The van der Waals surface area contributed by atoms with Gasteiger partial charge in [-0.1, -0.05) is 32.0 Å². The number of ether oxygens (including phenoxy) is 1. The highest BCUT2D eigenvalue weighted by atomic mass is 16.5. The quantitative estimate of drug-likeness (QED) is 0.718. The number of piperidine rings is 1. The summed E-state index contributed by atoms with van der Waals surface area (Å²) in [5.41, 5.74) is 0.883. The maximum atomic E-state index is 12.8. The highest BCUT2D eigenvalue weighted by Gasteiger charge is 2.44. The van der Waals surface area contributed by atoms with E-state index in [1.54, 1.807) is 0 Å². The number of nitrogens with zero attached hydrogens (tertiary/aromatic N) is 2. The summed E-state index contributed by atoms with van der Waals surface area (Å²) in [5.74, 6) is 1.94. The fraction of sp³-hybridized carbons (Fsp3) is 0.667. The largest absolute Gasteiger partial charge is 0.487 e. The number of hydrogen-bond acceptors (Lipinski definition) is 3. The van der Waals surface area contributed by atoms with Crippen molar-refractivity contribution < 1.29 is 14.3 Å². The van der Waals surface area contributed by atoms with Gasteiger partial charge in [0.25, 0.3) is 0 Å². The van der Waals surface area contributed by atoms with Crippen molar-refractivity contribution in [2.75, 3.05) is 26.2 Å². The molecule has 2 amide bonds. The SMILES string of the molecule is CCN(CC)C(=O)C[C@H]1CC2(CCN(C(=O)CC(C)C)CC2)Oc2ccccc21. The molecular weight excluding hydrogens is 364 g/mol. The molecule has 1 saturated heterocycles. The summed E-state index contributed by atoms with van der Waals surface area (Å²) in [6, 6.07) is 8.16. The predicted molar refractivity (Wildman–Crippen MR) is 115 cm³/mol. The van der Waals surface area contributed by atoms with Crippen LogP contribution in [0.2, 0.25) is 0 Å². The number of hydrogen-bond donors (Lipinski definition) is 0. The third-order valence-electron chi connectivity index (χ3n) is 6.45.